The summed E-state index contributed by atoms with van der Waals surface area (Å²) >= 11 is 0. The highest BCUT2D eigenvalue weighted by Gasteiger charge is 2.23. The minimum Gasteiger partial charge on any atom is -0.490 e. The van der Waals surface area contributed by atoms with Crippen molar-refractivity contribution in [2.75, 3.05) is 0 Å². The largest absolute Gasteiger partial charge is 0.490 e. The highest BCUT2D eigenvalue weighted by Crippen LogP contribution is 2.29. The Morgan fingerprint density at radius 2 is 2.24 bits per heavy atom. The SMILES string of the molecule is C[C@H](O)Cn1ccc2cc(OC3CC3)ccc21. The number of aliphatic hydroxyl groups excluding tert-OH is 1. The van der Waals surface area contributed by atoms with E-state index in [1.54, 1.807) is 6.92 Å². The van der Waals surface area contributed by atoms with Crippen LogP contribution in [-0.2, 0) is 6.54 Å². The van der Waals surface area contributed by atoms with Crippen LogP contribution in [0.2, 0.25) is 0 Å². The smallest absolute Gasteiger partial charge is 0.120 e. The van der Waals surface area contributed by atoms with Crippen molar-refractivity contribution in [3.05, 3.63) is 30.5 Å². The fraction of sp³-hybridized carbons (Fsp3) is 0.429. The maximum Gasteiger partial charge on any atom is 0.120 e. The van der Waals surface area contributed by atoms with E-state index in [-0.39, 0.29) is 6.10 Å². The van der Waals surface area contributed by atoms with E-state index in [9.17, 15) is 5.11 Å². The summed E-state index contributed by atoms with van der Waals surface area (Å²) in [5.41, 5.74) is 1.15. The second-order valence-electron chi connectivity index (χ2n) is 4.85. The second kappa shape index (κ2) is 4.08. The van der Waals surface area contributed by atoms with E-state index < -0.39 is 0 Å². The van der Waals surface area contributed by atoms with Crippen LogP contribution in [0.4, 0.5) is 0 Å². The van der Waals surface area contributed by atoms with Crippen molar-refractivity contribution in [2.24, 2.45) is 0 Å². The summed E-state index contributed by atoms with van der Waals surface area (Å²) in [6.45, 7) is 2.43. The lowest BCUT2D eigenvalue weighted by Crippen LogP contribution is -2.10. The standard InChI is InChI=1S/C14H17NO2/c1-10(16)9-15-7-6-11-8-13(4-5-14(11)15)17-12-2-3-12/h4-8,10,12,16H,2-3,9H2,1H3/t10-/m0/s1. The fourth-order valence-corrected chi connectivity index (χ4v) is 2.07. The average Bonchev–Trinajstić information content (AvgIpc) is 3.00. The van der Waals surface area contributed by atoms with E-state index in [0.29, 0.717) is 12.6 Å². The van der Waals surface area contributed by atoms with Crippen LogP contribution in [0.3, 0.4) is 0 Å². The third kappa shape index (κ3) is 2.29. The monoisotopic (exact) mass is 231 g/mol. The normalized spacial score (nSPS) is 17.3. The molecular formula is C14H17NO2. The summed E-state index contributed by atoms with van der Waals surface area (Å²) in [5.74, 6) is 0.954. The summed E-state index contributed by atoms with van der Waals surface area (Å²) in [4.78, 5) is 0. The number of benzene rings is 1. The first-order valence-corrected chi connectivity index (χ1v) is 6.16. The van der Waals surface area contributed by atoms with Gasteiger partial charge in [0, 0.05) is 23.6 Å². The number of fused-ring (bicyclic) bond motifs is 1. The number of rotatable bonds is 4. The highest BCUT2D eigenvalue weighted by molar-refractivity contribution is 5.81. The Balaban J connectivity index is 1.89. The molecule has 1 aromatic carbocycles. The van der Waals surface area contributed by atoms with Gasteiger partial charge in [0.1, 0.15) is 5.75 Å². The summed E-state index contributed by atoms with van der Waals surface area (Å²) in [6.07, 6.45) is 4.49. The lowest BCUT2D eigenvalue weighted by atomic mass is 10.2. The van der Waals surface area contributed by atoms with Gasteiger partial charge in [-0.05, 0) is 44.0 Å². The first-order valence-electron chi connectivity index (χ1n) is 6.16. The van der Waals surface area contributed by atoms with Crippen molar-refractivity contribution in [3.8, 4) is 5.75 Å². The van der Waals surface area contributed by atoms with Crippen molar-refractivity contribution in [1.29, 1.82) is 0 Å². The van der Waals surface area contributed by atoms with Gasteiger partial charge in [0.2, 0.25) is 0 Å². The van der Waals surface area contributed by atoms with Gasteiger partial charge in [0.05, 0.1) is 12.2 Å². The Bertz CT molecular complexity index is 526. The molecule has 1 fully saturated rings. The van der Waals surface area contributed by atoms with Crippen LogP contribution in [0, 0.1) is 0 Å². The van der Waals surface area contributed by atoms with Crippen LogP contribution in [0.25, 0.3) is 10.9 Å². The molecule has 0 bridgehead atoms. The minimum absolute atomic E-state index is 0.326. The number of hydrogen-bond acceptors (Lipinski definition) is 2. The van der Waals surface area contributed by atoms with Gasteiger partial charge in [-0.3, -0.25) is 0 Å². The molecule has 0 spiro atoms. The quantitative estimate of drug-likeness (QED) is 0.877. The maximum atomic E-state index is 9.42. The van der Waals surface area contributed by atoms with E-state index in [1.807, 2.05) is 12.3 Å². The summed E-state index contributed by atoms with van der Waals surface area (Å²) < 4.78 is 7.84. The predicted octanol–water partition coefficient (Wildman–Crippen LogP) is 2.56. The zero-order valence-electron chi connectivity index (χ0n) is 9.97. The molecular weight excluding hydrogens is 214 g/mol. The molecule has 1 saturated carbocycles. The molecule has 90 valence electrons. The Morgan fingerprint density at radius 1 is 1.41 bits per heavy atom. The zero-order chi connectivity index (χ0) is 11.8. The van der Waals surface area contributed by atoms with Crippen LogP contribution in [0.1, 0.15) is 19.8 Å². The predicted molar refractivity (Wildman–Crippen MR) is 67.3 cm³/mol. The molecule has 0 amide bonds. The van der Waals surface area contributed by atoms with E-state index in [0.717, 1.165) is 11.3 Å². The molecule has 3 rings (SSSR count). The van der Waals surface area contributed by atoms with Crippen molar-refractivity contribution in [2.45, 2.75) is 38.5 Å². The Morgan fingerprint density at radius 3 is 2.94 bits per heavy atom. The zero-order valence-corrected chi connectivity index (χ0v) is 9.97. The van der Waals surface area contributed by atoms with E-state index in [2.05, 4.69) is 22.8 Å². The average molecular weight is 231 g/mol. The fourth-order valence-electron chi connectivity index (χ4n) is 2.07. The van der Waals surface area contributed by atoms with Crippen molar-refractivity contribution in [1.82, 2.24) is 4.57 Å². The number of ether oxygens (including phenoxy) is 1. The Hall–Kier alpha value is -1.48. The molecule has 1 N–H and O–H groups in total. The molecule has 17 heavy (non-hydrogen) atoms. The van der Waals surface area contributed by atoms with Gasteiger partial charge in [-0.1, -0.05) is 0 Å². The summed E-state index contributed by atoms with van der Waals surface area (Å²) in [5, 5.41) is 10.6. The van der Waals surface area contributed by atoms with Gasteiger partial charge >= 0.3 is 0 Å². The summed E-state index contributed by atoms with van der Waals surface area (Å²) in [6, 6.07) is 8.22. The lowest BCUT2D eigenvalue weighted by Gasteiger charge is -2.08. The molecule has 1 aliphatic carbocycles. The number of hydrogen-bond donors (Lipinski definition) is 1. The third-order valence-electron chi connectivity index (χ3n) is 3.03. The molecule has 1 heterocycles. The first-order chi connectivity index (χ1) is 8.22. The molecule has 1 atom stereocenters. The number of nitrogens with zero attached hydrogens (tertiary/aromatic N) is 1. The Labute approximate surface area is 101 Å². The molecule has 1 aromatic heterocycles. The molecule has 2 aromatic rings. The molecule has 0 aliphatic heterocycles. The maximum absolute atomic E-state index is 9.42. The molecule has 3 heteroatoms. The van der Waals surface area contributed by atoms with Crippen molar-refractivity contribution < 1.29 is 9.84 Å². The van der Waals surface area contributed by atoms with Gasteiger partial charge in [-0.15, -0.1) is 0 Å². The summed E-state index contributed by atoms with van der Waals surface area (Å²) in [7, 11) is 0. The van der Waals surface area contributed by atoms with Gasteiger partial charge in [0.25, 0.3) is 0 Å². The van der Waals surface area contributed by atoms with Gasteiger partial charge in [-0.25, -0.2) is 0 Å². The molecule has 1 aliphatic rings. The van der Waals surface area contributed by atoms with Crippen LogP contribution in [-0.4, -0.2) is 21.9 Å². The number of aromatic nitrogens is 1. The molecule has 0 unspecified atom stereocenters. The van der Waals surface area contributed by atoms with Gasteiger partial charge in [0.15, 0.2) is 0 Å². The number of aliphatic hydroxyl groups is 1. The molecule has 0 radical (unpaired) electrons. The third-order valence-corrected chi connectivity index (χ3v) is 3.03. The van der Waals surface area contributed by atoms with Crippen LogP contribution >= 0.6 is 0 Å². The first kappa shape index (κ1) is 10.7. The van der Waals surface area contributed by atoms with E-state index >= 15 is 0 Å². The van der Waals surface area contributed by atoms with Crippen LogP contribution in [0.15, 0.2) is 30.5 Å². The highest BCUT2D eigenvalue weighted by atomic mass is 16.5. The lowest BCUT2D eigenvalue weighted by molar-refractivity contribution is 0.175. The topological polar surface area (TPSA) is 34.4 Å². The van der Waals surface area contributed by atoms with Gasteiger partial charge in [-0.2, -0.15) is 0 Å². The van der Waals surface area contributed by atoms with Crippen LogP contribution in [0.5, 0.6) is 5.75 Å². The molecule has 0 saturated heterocycles. The van der Waals surface area contributed by atoms with Crippen LogP contribution < -0.4 is 4.74 Å². The van der Waals surface area contributed by atoms with E-state index in [4.69, 9.17) is 4.74 Å². The van der Waals surface area contributed by atoms with Gasteiger partial charge < -0.3 is 14.4 Å². The minimum atomic E-state index is -0.326. The second-order valence-corrected chi connectivity index (χ2v) is 4.85. The van der Waals surface area contributed by atoms with Crippen molar-refractivity contribution in [3.63, 3.8) is 0 Å². The van der Waals surface area contributed by atoms with E-state index in [1.165, 1.54) is 18.2 Å². The van der Waals surface area contributed by atoms with Crippen molar-refractivity contribution >= 4 is 10.9 Å². The molecule has 3 nitrogen and oxygen atoms in total. The Kier molecular flexibility index (Phi) is 2.56.